The molecule has 0 aliphatic carbocycles. The van der Waals surface area contributed by atoms with E-state index in [0.717, 1.165) is 50.5 Å². The standard InChI is InChI=1S/C29H37N7O5/c1-29(2,3)27(38)32-22-9-6-19(18-31-22)26(37)34-28-33-23-20(25-30-10-12-36(25)28)7-8-21(24(23)39-4)41-15-5-11-35-13-16-40-17-14-35/h6-9,18,30H,5,10-17H2,1-4H3,(H,31,32,38). The van der Waals surface area contributed by atoms with E-state index in [1.165, 1.54) is 6.20 Å². The summed E-state index contributed by atoms with van der Waals surface area (Å²) < 4.78 is 19.2. The molecule has 12 heteroatoms. The van der Waals surface area contributed by atoms with Crippen LogP contribution in [-0.4, -0.2) is 84.4 Å². The summed E-state index contributed by atoms with van der Waals surface area (Å²) in [5, 5.41) is 6.99. The Bertz CT molecular complexity index is 1490. The number of benzene rings is 1. The number of rotatable bonds is 8. The number of aromatic nitrogens is 3. The Hall–Kier alpha value is -4.03. The molecule has 2 aliphatic rings. The zero-order chi connectivity index (χ0) is 29.0. The molecule has 4 heterocycles. The SMILES string of the molecule is COc1c(OCCCN2CCOCC2)ccc2c3n(c(=NC(=O)c4ccc(NC(=O)C(C)(C)C)nc4)nc12)CCN3. The quantitative estimate of drug-likeness (QED) is 0.397. The lowest BCUT2D eigenvalue weighted by molar-refractivity contribution is -0.123. The van der Waals surface area contributed by atoms with Crippen molar-refractivity contribution < 1.29 is 23.8 Å². The summed E-state index contributed by atoms with van der Waals surface area (Å²) in [6.07, 6.45) is 2.27. The fraction of sp³-hybridized carbons (Fsp3) is 0.483. The van der Waals surface area contributed by atoms with Crippen LogP contribution in [0.1, 0.15) is 37.6 Å². The van der Waals surface area contributed by atoms with E-state index in [4.69, 9.17) is 19.2 Å². The van der Waals surface area contributed by atoms with Crippen LogP contribution in [0.2, 0.25) is 0 Å². The maximum absolute atomic E-state index is 13.1. The minimum Gasteiger partial charge on any atom is -0.491 e. The van der Waals surface area contributed by atoms with E-state index in [9.17, 15) is 9.59 Å². The lowest BCUT2D eigenvalue weighted by Crippen LogP contribution is -2.37. The number of carbonyl (C=O) groups is 2. The second-order valence-electron chi connectivity index (χ2n) is 11.0. The van der Waals surface area contributed by atoms with E-state index < -0.39 is 11.3 Å². The molecule has 0 radical (unpaired) electrons. The molecule has 0 saturated carbocycles. The first-order chi connectivity index (χ1) is 19.7. The highest BCUT2D eigenvalue weighted by atomic mass is 16.5. The molecule has 12 nitrogen and oxygen atoms in total. The first-order valence-corrected chi connectivity index (χ1v) is 13.9. The van der Waals surface area contributed by atoms with E-state index in [1.807, 2.05) is 37.5 Å². The van der Waals surface area contributed by atoms with Crippen LogP contribution in [0, 0.1) is 5.41 Å². The third-order valence-electron chi connectivity index (χ3n) is 7.02. The van der Waals surface area contributed by atoms with Gasteiger partial charge in [-0.25, -0.2) is 9.97 Å². The Labute approximate surface area is 238 Å². The molecule has 2 amide bonds. The number of nitrogens with zero attached hydrogens (tertiary/aromatic N) is 5. The normalized spacial score (nSPS) is 15.9. The maximum Gasteiger partial charge on any atom is 0.281 e. The van der Waals surface area contributed by atoms with Crippen LogP contribution in [0.15, 0.2) is 35.5 Å². The number of pyridine rings is 1. The number of fused-ring (bicyclic) bond motifs is 3. The van der Waals surface area contributed by atoms with Gasteiger partial charge in [-0.1, -0.05) is 20.8 Å². The van der Waals surface area contributed by atoms with Crippen molar-refractivity contribution in [3.8, 4) is 11.5 Å². The zero-order valence-corrected chi connectivity index (χ0v) is 24.0. The first kappa shape index (κ1) is 28.5. The Morgan fingerprint density at radius 2 is 1.95 bits per heavy atom. The van der Waals surface area contributed by atoms with E-state index in [2.05, 4.69) is 25.5 Å². The highest BCUT2D eigenvalue weighted by Crippen LogP contribution is 2.37. The molecule has 0 atom stereocenters. The number of ether oxygens (including phenoxy) is 3. The van der Waals surface area contributed by atoms with Gasteiger partial charge in [-0.15, -0.1) is 0 Å². The molecule has 2 aromatic heterocycles. The molecule has 0 spiro atoms. The number of nitrogens with one attached hydrogen (secondary N) is 2. The van der Waals surface area contributed by atoms with Gasteiger partial charge < -0.3 is 24.8 Å². The highest BCUT2D eigenvalue weighted by Gasteiger charge is 2.23. The van der Waals surface area contributed by atoms with Crippen molar-refractivity contribution in [3.05, 3.63) is 41.6 Å². The van der Waals surface area contributed by atoms with Crippen molar-refractivity contribution in [2.24, 2.45) is 10.4 Å². The van der Waals surface area contributed by atoms with E-state index in [1.54, 1.807) is 19.2 Å². The van der Waals surface area contributed by atoms with Crippen LogP contribution in [-0.2, 0) is 16.1 Å². The van der Waals surface area contributed by atoms with Gasteiger partial charge in [-0.2, -0.15) is 4.99 Å². The van der Waals surface area contributed by atoms with Crippen molar-refractivity contribution in [1.29, 1.82) is 0 Å². The van der Waals surface area contributed by atoms with Gasteiger partial charge in [-0.3, -0.25) is 19.1 Å². The van der Waals surface area contributed by atoms with Gasteiger partial charge in [0, 0.05) is 49.7 Å². The summed E-state index contributed by atoms with van der Waals surface area (Å²) in [6.45, 7) is 11.7. The second-order valence-corrected chi connectivity index (χ2v) is 11.0. The van der Waals surface area contributed by atoms with Gasteiger partial charge in [0.2, 0.25) is 11.5 Å². The van der Waals surface area contributed by atoms with Gasteiger partial charge in [-0.05, 0) is 30.7 Å². The largest absolute Gasteiger partial charge is 0.491 e. The second kappa shape index (κ2) is 12.2. The fourth-order valence-corrected chi connectivity index (χ4v) is 4.69. The molecule has 3 aromatic rings. The van der Waals surface area contributed by atoms with Gasteiger partial charge in [0.05, 0.1) is 32.5 Å². The van der Waals surface area contributed by atoms with Crippen LogP contribution < -0.4 is 25.7 Å². The van der Waals surface area contributed by atoms with Gasteiger partial charge >= 0.3 is 0 Å². The Kier molecular flexibility index (Phi) is 8.50. The molecule has 2 aliphatic heterocycles. The average molecular weight is 564 g/mol. The molecule has 0 bridgehead atoms. The number of amides is 2. The topological polar surface area (TPSA) is 132 Å². The van der Waals surface area contributed by atoms with Crippen LogP contribution in [0.25, 0.3) is 10.9 Å². The fourth-order valence-electron chi connectivity index (χ4n) is 4.69. The molecule has 2 N–H and O–H groups in total. The minimum absolute atomic E-state index is 0.164. The molecular formula is C29H37N7O5. The summed E-state index contributed by atoms with van der Waals surface area (Å²) >= 11 is 0. The molecule has 218 valence electrons. The smallest absolute Gasteiger partial charge is 0.281 e. The number of hydrogen-bond donors (Lipinski definition) is 2. The number of carbonyl (C=O) groups excluding carboxylic acids is 2. The van der Waals surface area contributed by atoms with Gasteiger partial charge in [0.1, 0.15) is 17.2 Å². The van der Waals surface area contributed by atoms with Crippen molar-refractivity contribution in [3.63, 3.8) is 0 Å². The third kappa shape index (κ3) is 6.49. The summed E-state index contributed by atoms with van der Waals surface area (Å²) in [4.78, 5) is 41.1. The molecular weight excluding hydrogens is 526 g/mol. The number of hydrogen-bond acceptors (Lipinski definition) is 9. The zero-order valence-electron chi connectivity index (χ0n) is 24.0. The number of morpholine rings is 1. The predicted molar refractivity (Wildman–Crippen MR) is 154 cm³/mol. The third-order valence-corrected chi connectivity index (χ3v) is 7.02. The molecule has 41 heavy (non-hydrogen) atoms. The average Bonchev–Trinajstić information content (AvgIpc) is 3.46. The Morgan fingerprint density at radius 1 is 1.15 bits per heavy atom. The Balaban J connectivity index is 1.39. The Morgan fingerprint density at radius 3 is 2.66 bits per heavy atom. The molecule has 1 fully saturated rings. The maximum atomic E-state index is 13.1. The van der Waals surface area contributed by atoms with Crippen LogP contribution in [0.4, 0.5) is 11.6 Å². The monoisotopic (exact) mass is 563 g/mol. The van der Waals surface area contributed by atoms with Crippen LogP contribution >= 0.6 is 0 Å². The van der Waals surface area contributed by atoms with E-state index >= 15 is 0 Å². The molecule has 1 saturated heterocycles. The number of anilines is 2. The van der Waals surface area contributed by atoms with Crippen molar-refractivity contribution in [1.82, 2.24) is 19.4 Å². The van der Waals surface area contributed by atoms with E-state index in [-0.39, 0.29) is 17.1 Å². The lowest BCUT2D eigenvalue weighted by Gasteiger charge is -2.26. The van der Waals surface area contributed by atoms with Crippen molar-refractivity contribution >= 4 is 34.4 Å². The van der Waals surface area contributed by atoms with Gasteiger partial charge in [0.25, 0.3) is 5.91 Å². The summed E-state index contributed by atoms with van der Waals surface area (Å²) in [5.74, 6) is 1.61. The molecule has 1 aromatic carbocycles. The first-order valence-electron chi connectivity index (χ1n) is 13.9. The summed E-state index contributed by atoms with van der Waals surface area (Å²) in [7, 11) is 1.58. The number of methoxy groups -OCH3 is 1. The van der Waals surface area contributed by atoms with E-state index in [0.29, 0.717) is 42.5 Å². The molecule has 0 unspecified atom stereocenters. The minimum atomic E-state index is -0.562. The summed E-state index contributed by atoms with van der Waals surface area (Å²) in [6, 6.07) is 7.02. The predicted octanol–water partition coefficient (Wildman–Crippen LogP) is 2.69. The van der Waals surface area contributed by atoms with Crippen LogP contribution in [0.3, 0.4) is 0 Å². The van der Waals surface area contributed by atoms with Crippen molar-refractivity contribution in [2.75, 3.05) is 63.7 Å². The van der Waals surface area contributed by atoms with Crippen LogP contribution in [0.5, 0.6) is 11.5 Å². The molecule has 5 rings (SSSR count). The summed E-state index contributed by atoms with van der Waals surface area (Å²) in [5.41, 5.74) is 0.540. The lowest BCUT2D eigenvalue weighted by atomic mass is 9.96. The van der Waals surface area contributed by atoms with Crippen molar-refractivity contribution in [2.45, 2.75) is 33.7 Å². The highest BCUT2D eigenvalue weighted by molar-refractivity contribution is 5.97. The van der Waals surface area contributed by atoms with Gasteiger partial charge in [0.15, 0.2) is 11.5 Å².